The smallest absolute Gasteiger partial charge is 0.227 e. The minimum absolute atomic E-state index is 0.892. The molecule has 0 aliphatic heterocycles. The van der Waals surface area contributed by atoms with Gasteiger partial charge in [-0.05, 0) is 0 Å². The third-order valence-electron chi connectivity index (χ3n) is 2.18. The SMILES string of the molecule is CC1CC(F)(C(F)(F)F)C1(F)F. The number of halogens is 6. The first-order valence-electron chi connectivity index (χ1n) is 3.26. The van der Waals surface area contributed by atoms with Crippen molar-refractivity contribution in [3.05, 3.63) is 0 Å². The maximum Gasteiger partial charge on any atom is 0.428 e. The zero-order valence-electron chi connectivity index (χ0n) is 6.05. The van der Waals surface area contributed by atoms with Gasteiger partial charge in [0.05, 0.1) is 0 Å². The van der Waals surface area contributed by atoms with Gasteiger partial charge in [0, 0.05) is 12.3 Å². The maximum absolute atomic E-state index is 12.6. The van der Waals surface area contributed by atoms with Gasteiger partial charge in [-0.15, -0.1) is 0 Å². The van der Waals surface area contributed by atoms with Crippen LogP contribution in [0.3, 0.4) is 0 Å². The van der Waals surface area contributed by atoms with Crippen molar-refractivity contribution >= 4 is 0 Å². The van der Waals surface area contributed by atoms with E-state index < -0.39 is 30.1 Å². The van der Waals surface area contributed by atoms with E-state index in [-0.39, 0.29) is 0 Å². The first-order valence-corrected chi connectivity index (χ1v) is 3.26. The van der Waals surface area contributed by atoms with E-state index in [1.165, 1.54) is 0 Å². The molecule has 6 heteroatoms. The molecule has 12 heavy (non-hydrogen) atoms. The molecule has 1 fully saturated rings. The Hall–Kier alpha value is -0.420. The van der Waals surface area contributed by atoms with Gasteiger partial charge >= 0.3 is 6.18 Å². The zero-order valence-corrected chi connectivity index (χ0v) is 6.05. The molecule has 1 saturated carbocycles. The van der Waals surface area contributed by atoms with Gasteiger partial charge in [-0.1, -0.05) is 6.92 Å². The summed E-state index contributed by atoms with van der Waals surface area (Å²) in [7, 11) is 0. The van der Waals surface area contributed by atoms with Gasteiger partial charge in [0.2, 0.25) is 0 Å². The summed E-state index contributed by atoms with van der Waals surface area (Å²) >= 11 is 0. The summed E-state index contributed by atoms with van der Waals surface area (Å²) in [5.41, 5.74) is -4.31. The van der Waals surface area contributed by atoms with E-state index in [0.29, 0.717) is 0 Å². The van der Waals surface area contributed by atoms with Crippen LogP contribution in [0.2, 0.25) is 0 Å². The molecule has 0 aromatic rings. The van der Waals surface area contributed by atoms with Crippen molar-refractivity contribution in [3.63, 3.8) is 0 Å². The summed E-state index contributed by atoms with van der Waals surface area (Å²) in [6.45, 7) is 0.892. The van der Waals surface area contributed by atoms with E-state index in [9.17, 15) is 26.3 Å². The number of rotatable bonds is 0. The fraction of sp³-hybridized carbons (Fsp3) is 1.00. The average molecular weight is 192 g/mol. The fourth-order valence-corrected chi connectivity index (χ4v) is 1.25. The van der Waals surface area contributed by atoms with E-state index in [1.807, 2.05) is 0 Å². The molecule has 1 aliphatic rings. The molecular weight excluding hydrogens is 186 g/mol. The van der Waals surface area contributed by atoms with Crippen LogP contribution in [-0.2, 0) is 0 Å². The lowest BCUT2D eigenvalue weighted by Gasteiger charge is -2.48. The topological polar surface area (TPSA) is 0 Å². The highest BCUT2D eigenvalue weighted by molar-refractivity contribution is 5.12. The van der Waals surface area contributed by atoms with Crippen LogP contribution in [-0.4, -0.2) is 17.8 Å². The van der Waals surface area contributed by atoms with Gasteiger partial charge < -0.3 is 0 Å². The van der Waals surface area contributed by atoms with Crippen LogP contribution < -0.4 is 0 Å². The largest absolute Gasteiger partial charge is 0.428 e. The second-order valence-electron chi connectivity index (χ2n) is 3.03. The molecule has 1 rings (SSSR count). The van der Waals surface area contributed by atoms with Crippen LogP contribution >= 0.6 is 0 Å². The molecule has 72 valence electrons. The Morgan fingerprint density at radius 3 is 1.67 bits per heavy atom. The second-order valence-corrected chi connectivity index (χ2v) is 3.03. The Kier molecular flexibility index (Phi) is 1.68. The van der Waals surface area contributed by atoms with Crippen molar-refractivity contribution in [2.45, 2.75) is 31.1 Å². The minimum Gasteiger partial charge on any atom is -0.227 e. The van der Waals surface area contributed by atoms with Crippen LogP contribution in [0.1, 0.15) is 13.3 Å². The summed E-state index contributed by atoms with van der Waals surface area (Å²) in [6.07, 6.45) is -6.62. The quantitative estimate of drug-likeness (QED) is 0.517. The first kappa shape index (κ1) is 9.67. The second kappa shape index (κ2) is 2.09. The molecule has 0 aromatic carbocycles. The van der Waals surface area contributed by atoms with Gasteiger partial charge in [-0.25, -0.2) is 13.2 Å². The molecule has 2 unspecified atom stereocenters. The molecule has 0 spiro atoms. The van der Waals surface area contributed by atoms with Crippen molar-refractivity contribution in [3.8, 4) is 0 Å². The van der Waals surface area contributed by atoms with Gasteiger partial charge in [0.15, 0.2) is 0 Å². The lowest BCUT2D eigenvalue weighted by atomic mass is 9.68. The summed E-state index contributed by atoms with van der Waals surface area (Å²) in [5, 5.41) is 0. The lowest BCUT2D eigenvalue weighted by Crippen LogP contribution is -2.67. The molecule has 0 radical (unpaired) electrons. The van der Waals surface area contributed by atoms with Crippen molar-refractivity contribution in [1.29, 1.82) is 0 Å². The summed E-state index contributed by atoms with van der Waals surface area (Å²) in [6, 6.07) is 0. The predicted octanol–water partition coefficient (Wildman–Crippen LogP) is 2.93. The first-order chi connectivity index (χ1) is 5.13. The van der Waals surface area contributed by atoms with Crippen LogP contribution in [0.25, 0.3) is 0 Å². The van der Waals surface area contributed by atoms with E-state index in [1.54, 1.807) is 0 Å². The maximum atomic E-state index is 12.6. The highest BCUT2D eigenvalue weighted by Gasteiger charge is 2.80. The molecule has 0 N–H and O–H groups in total. The average Bonchev–Trinajstić information content (AvgIpc) is 1.85. The Morgan fingerprint density at radius 2 is 1.58 bits per heavy atom. The Bertz CT molecular complexity index is 195. The Balaban J connectivity index is 2.91. The molecule has 0 nitrogen and oxygen atoms in total. The number of hydrogen-bond acceptors (Lipinski definition) is 0. The van der Waals surface area contributed by atoms with Crippen LogP contribution in [0.15, 0.2) is 0 Å². The number of hydrogen-bond donors (Lipinski definition) is 0. The summed E-state index contributed by atoms with van der Waals surface area (Å²) < 4.78 is 72.4. The Morgan fingerprint density at radius 1 is 1.17 bits per heavy atom. The van der Waals surface area contributed by atoms with E-state index >= 15 is 0 Å². The molecule has 2 atom stereocenters. The van der Waals surface area contributed by atoms with Crippen LogP contribution in [0, 0.1) is 5.92 Å². The van der Waals surface area contributed by atoms with Crippen molar-refractivity contribution in [2.75, 3.05) is 0 Å². The predicted molar refractivity (Wildman–Crippen MR) is 28.6 cm³/mol. The van der Waals surface area contributed by atoms with Gasteiger partial charge in [0.1, 0.15) is 0 Å². The molecule has 0 amide bonds. The molecule has 0 saturated heterocycles. The third-order valence-corrected chi connectivity index (χ3v) is 2.18. The van der Waals surface area contributed by atoms with Gasteiger partial charge in [0.25, 0.3) is 11.6 Å². The summed E-state index contributed by atoms with van der Waals surface area (Å²) in [5.74, 6) is -5.81. The van der Waals surface area contributed by atoms with Crippen molar-refractivity contribution in [2.24, 2.45) is 5.92 Å². The van der Waals surface area contributed by atoms with Gasteiger partial charge in [-0.2, -0.15) is 13.2 Å². The third kappa shape index (κ3) is 0.863. The molecular formula is C6H6F6. The molecule has 0 bridgehead atoms. The highest BCUT2D eigenvalue weighted by Crippen LogP contribution is 2.60. The number of alkyl halides is 6. The molecule has 0 heterocycles. The summed E-state index contributed by atoms with van der Waals surface area (Å²) in [4.78, 5) is 0. The van der Waals surface area contributed by atoms with E-state index in [2.05, 4.69) is 0 Å². The molecule has 0 aromatic heterocycles. The van der Waals surface area contributed by atoms with E-state index in [0.717, 1.165) is 6.92 Å². The van der Waals surface area contributed by atoms with Crippen LogP contribution in [0.4, 0.5) is 26.3 Å². The standard InChI is InChI=1S/C6H6F6/c1-3-2-4(7,5(3,8)9)6(10,11)12/h3H,2H2,1H3. The van der Waals surface area contributed by atoms with Gasteiger partial charge in [-0.3, -0.25) is 0 Å². The lowest BCUT2D eigenvalue weighted by molar-refractivity contribution is -0.365. The minimum atomic E-state index is -5.47. The van der Waals surface area contributed by atoms with E-state index in [4.69, 9.17) is 0 Å². The van der Waals surface area contributed by atoms with Crippen molar-refractivity contribution < 1.29 is 26.3 Å². The Labute approximate surface area is 64.6 Å². The van der Waals surface area contributed by atoms with Crippen LogP contribution in [0.5, 0.6) is 0 Å². The monoisotopic (exact) mass is 192 g/mol. The zero-order chi connectivity index (χ0) is 9.78. The normalized spacial score (nSPS) is 40.8. The fourth-order valence-electron chi connectivity index (χ4n) is 1.25. The highest BCUT2D eigenvalue weighted by atomic mass is 19.4. The molecule has 1 aliphatic carbocycles. The van der Waals surface area contributed by atoms with Crippen molar-refractivity contribution in [1.82, 2.24) is 0 Å².